The Labute approximate surface area is 97.5 Å². The first-order valence-electron chi connectivity index (χ1n) is 5.21. The second-order valence-corrected chi connectivity index (χ2v) is 3.72. The van der Waals surface area contributed by atoms with Gasteiger partial charge in [0.2, 0.25) is 0 Å². The van der Waals surface area contributed by atoms with Crippen molar-refractivity contribution in [3.63, 3.8) is 0 Å². The van der Waals surface area contributed by atoms with Crippen LogP contribution in [0.1, 0.15) is 10.4 Å². The number of carbonyl (C=O) groups is 1. The first-order chi connectivity index (χ1) is 8.38. The highest BCUT2D eigenvalue weighted by molar-refractivity contribution is 5.89. The summed E-state index contributed by atoms with van der Waals surface area (Å²) in [5.41, 5.74) is 1.43. The van der Waals surface area contributed by atoms with Gasteiger partial charge < -0.3 is 0 Å². The second kappa shape index (κ2) is 3.83. The molecule has 2 heterocycles. The van der Waals surface area contributed by atoms with E-state index in [1.165, 1.54) is 6.20 Å². The summed E-state index contributed by atoms with van der Waals surface area (Å²) in [5.74, 6) is 0. The zero-order chi connectivity index (χ0) is 11.7. The summed E-state index contributed by atoms with van der Waals surface area (Å²) in [6.45, 7) is 0. The maximum absolute atomic E-state index is 10.6. The molecule has 2 aromatic heterocycles. The number of aromatic nitrogens is 3. The summed E-state index contributed by atoms with van der Waals surface area (Å²) in [6.07, 6.45) is 7.56. The molecule has 0 bridgehead atoms. The largest absolute Gasteiger partial charge is 0.298 e. The lowest BCUT2D eigenvalue weighted by molar-refractivity contribution is 0.112. The van der Waals surface area contributed by atoms with Crippen LogP contribution in [-0.2, 0) is 0 Å². The molecule has 4 nitrogen and oxygen atoms in total. The SMILES string of the molecule is O=Cc1cnn(-c2cncc3ccccc23)c1. The van der Waals surface area contributed by atoms with Gasteiger partial charge in [0.05, 0.1) is 23.6 Å². The third-order valence-corrected chi connectivity index (χ3v) is 2.63. The summed E-state index contributed by atoms with van der Waals surface area (Å²) in [5, 5.41) is 6.26. The summed E-state index contributed by atoms with van der Waals surface area (Å²) < 4.78 is 1.67. The van der Waals surface area contributed by atoms with Crippen LogP contribution < -0.4 is 0 Å². The number of fused-ring (bicyclic) bond motifs is 1. The lowest BCUT2D eigenvalue weighted by atomic mass is 10.1. The van der Waals surface area contributed by atoms with E-state index in [1.807, 2.05) is 30.5 Å². The van der Waals surface area contributed by atoms with Crippen LogP contribution in [-0.4, -0.2) is 21.1 Å². The predicted octanol–water partition coefficient (Wildman–Crippen LogP) is 2.23. The van der Waals surface area contributed by atoms with Crippen LogP contribution in [0.4, 0.5) is 0 Å². The van der Waals surface area contributed by atoms with E-state index in [0.717, 1.165) is 22.7 Å². The zero-order valence-electron chi connectivity index (χ0n) is 8.95. The maximum atomic E-state index is 10.6. The highest BCUT2D eigenvalue weighted by Crippen LogP contribution is 2.20. The lowest BCUT2D eigenvalue weighted by Crippen LogP contribution is -1.96. The van der Waals surface area contributed by atoms with Gasteiger partial charge in [0.15, 0.2) is 6.29 Å². The third-order valence-electron chi connectivity index (χ3n) is 2.63. The molecule has 0 aliphatic carbocycles. The van der Waals surface area contributed by atoms with Gasteiger partial charge in [-0.3, -0.25) is 9.78 Å². The highest BCUT2D eigenvalue weighted by Gasteiger charge is 2.04. The van der Waals surface area contributed by atoms with Gasteiger partial charge in [-0.25, -0.2) is 4.68 Å². The van der Waals surface area contributed by atoms with E-state index in [9.17, 15) is 4.79 Å². The predicted molar refractivity (Wildman–Crippen MR) is 64.3 cm³/mol. The molecule has 0 radical (unpaired) electrons. The summed E-state index contributed by atoms with van der Waals surface area (Å²) >= 11 is 0. The molecule has 0 saturated heterocycles. The van der Waals surface area contributed by atoms with Crippen LogP contribution in [0.3, 0.4) is 0 Å². The van der Waals surface area contributed by atoms with Gasteiger partial charge in [-0.05, 0) is 0 Å². The molecule has 0 unspecified atom stereocenters. The van der Waals surface area contributed by atoms with Crippen molar-refractivity contribution in [3.8, 4) is 5.69 Å². The number of benzene rings is 1. The molecule has 0 aliphatic heterocycles. The summed E-state index contributed by atoms with van der Waals surface area (Å²) in [4.78, 5) is 14.8. The molecule has 4 heteroatoms. The molecule has 0 aliphatic rings. The lowest BCUT2D eigenvalue weighted by Gasteiger charge is -2.04. The number of aldehydes is 1. The van der Waals surface area contributed by atoms with Crippen molar-refractivity contribution in [2.24, 2.45) is 0 Å². The molecule has 0 spiro atoms. The number of hydrogen-bond donors (Lipinski definition) is 0. The van der Waals surface area contributed by atoms with E-state index in [-0.39, 0.29) is 0 Å². The van der Waals surface area contributed by atoms with Crippen LogP contribution in [0.2, 0.25) is 0 Å². The normalized spacial score (nSPS) is 10.6. The Morgan fingerprint density at radius 1 is 1.12 bits per heavy atom. The number of nitrogens with zero attached hydrogens (tertiary/aromatic N) is 3. The third kappa shape index (κ3) is 1.59. The first-order valence-corrected chi connectivity index (χ1v) is 5.21. The first kappa shape index (κ1) is 9.72. The minimum atomic E-state index is 0.554. The van der Waals surface area contributed by atoms with Gasteiger partial charge in [-0.15, -0.1) is 0 Å². The Hall–Kier alpha value is -2.49. The fourth-order valence-corrected chi connectivity index (χ4v) is 1.81. The molecule has 0 fully saturated rings. The van der Waals surface area contributed by atoms with Crippen molar-refractivity contribution < 1.29 is 4.79 Å². The molecular formula is C13H9N3O. The van der Waals surface area contributed by atoms with Crippen molar-refractivity contribution >= 4 is 17.1 Å². The molecular weight excluding hydrogens is 214 g/mol. The van der Waals surface area contributed by atoms with Crippen molar-refractivity contribution in [2.45, 2.75) is 0 Å². The second-order valence-electron chi connectivity index (χ2n) is 3.72. The number of hydrogen-bond acceptors (Lipinski definition) is 3. The van der Waals surface area contributed by atoms with Crippen LogP contribution in [0.15, 0.2) is 49.1 Å². The standard InChI is InChI=1S/C13H9N3O/c17-9-10-5-15-16(8-10)13-7-14-6-11-3-1-2-4-12(11)13/h1-9H. The van der Waals surface area contributed by atoms with E-state index in [4.69, 9.17) is 0 Å². The Bertz CT molecular complexity index is 682. The van der Waals surface area contributed by atoms with Gasteiger partial charge >= 0.3 is 0 Å². The van der Waals surface area contributed by atoms with Crippen molar-refractivity contribution in [1.29, 1.82) is 0 Å². The Morgan fingerprint density at radius 2 is 2.00 bits per heavy atom. The van der Waals surface area contributed by atoms with Gasteiger partial charge in [-0.2, -0.15) is 5.10 Å². The molecule has 0 N–H and O–H groups in total. The molecule has 0 amide bonds. The van der Waals surface area contributed by atoms with Crippen molar-refractivity contribution in [3.05, 3.63) is 54.6 Å². The quantitative estimate of drug-likeness (QED) is 0.626. The topological polar surface area (TPSA) is 47.8 Å². The summed E-state index contributed by atoms with van der Waals surface area (Å²) in [6, 6.07) is 7.94. The van der Waals surface area contributed by atoms with E-state index in [2.05, 4.69) is 10.1 Å². The molecule has 0 saturated carbocycles. The molecule has 17 heavy (non-hydrogen) atoms. The van der Waals surface area contributed by atoms with Gasteiger partial charge in [0, 0.05) is 23.2 Å². The van der Waals surface area contributed by atoms with Gasteiger partial charge in [-0.1, -0.05) is 24.3 Å². The van der Waals surface area contributed by atoms with E-state index in [1.54, 1.807) is 17.1 Å². The van der Waals surface area contributed by atoms with Crippen LogP contribution >= 0.6 is 0 Å². The Balaban J connectivity index is 2.26. The van der Waals surface area contributed by atoms with Crippen molar-refractivity contribution in [1.82, 2.24) is 14.8 Å². The smallest absolute Gasteiger partial charge is 0.153 e. The molecule has 82 valence electrons. The zero-order valence-corrected chi connectivity index (χ0v) is 8.95. The Morgan fingerprint density at radius 3 is 2.82 bits per heavy atom. The monoisotopic (exact) mass is 223 g/mol. The average Bonchev–Trinajstić information content (AvgIpc) is 2.87. The average molecular weight is 223 g/mol. The van der Waals surface area contributed by atoms with Gasteiger partial charge in [0.1, 0.15) is 0 Å². The van der Waals surface area contributed by atoms with Crippen LogP contribution in [0.25, 0.3) is 16.5 Å². The van der Waals surface area contributed by atoms with Crippen LogP contribution in [0, 0.1) is 0 Å². The number of carbonyl (C=O) groups excluding carboxylic acids is 1. The molecule has 0 atom stereocenters. The fraction of sp³-hybridized carbons (Fsp3) is 0. The van der Waals surface area contributed by atoms with E-state index < -0.39 is 0 Å². The molecule has 1 aromatic carbocycles. The van der Waals surface area contributed by atoms with Crippen LogP contribution in [0.5, 0.6) is 0 Å². The number of pyridine rings is 1. The van der Waals surface area contributed by atoms with E-state index >= 15 is 0 Å². The minimum Gasteiger partial charge on any atom is -0.298 e. The molecule has 3 rings (SSSR count). The molecule has 3 aromatic rings. The summed E-state index contributed by atoms with van der Waals surface area (Å²) in [7, 11) is 0. The maximum Gasteiger partial charge on any atom is 0.153 e. The van der Waals surface area contributed by atoms with E-state index in [0.29, 0.717) is 5.56 Å². The van der Waals surface area contributed by atoms with Crippen molar-refractivity contribution in [2.75, 3.05) is 0 Å². The fourth-order valence-electron chi connectivity index (χ4n) is 1.81. The minimum absolute atomic E-state index is 0.554. The Kier molecular flexibility index (Phi) is 2.19. The highest BCUT2D eigenvalue weighted by atomic mass is 16.1. The van der Waals surface area contributed by atoms with Gasteiger partial charge in [0.25, 0.3) is 0 Å². The number of rotatable bonds is 2.